The molecule has 0 radical (unpaired) electrons. The van der Waals surface area contributed by atoms with Crippen LogP contribution in [-0.2, 0) is 0 Å². The van der Waals surface area contributed by atoms with E-state index in [4.69, 9.17) is 11.6 Å². The number of rotatable bonds is 4. The number of hydrogen-bond donors (Lipinski definition) is 2. The number of halogens is 1. The molecule has 3 aromatic heterocycles. The highest BCUT2D eigenvalue weighted by Gasteiger charge is 2.57. The average Bonchev–Trinajstić information content (AvgIpc) is 3.13. The second-order valence-electron chi connectivity index (χ2n) is 8.85. The Balaban J connectivity index is 1.17. The van der Waals surface area contributed by atoms with Gasteiger partial charge < -0.3 is 15.2 Å². The highest BCUT2D eigenvalue weighted by molar-refractivity contribution is 6.28. The van der Waals surface area contributed by atoms with Gasteiger partial charge in [-0.05, 0) is 55.5 Å². The maximum Gasteiger partial charge on any atom is 0.270 e. The molecule has 8 nitrogen and oxygen atoms in total. The summed E-state index contributed by atoms with van der Waals surface area (Å²) in [5, 5.41) is 3.27. The monoisotopic (exact) mass is 423 g/mol. The number of hydrogen-bond acceptors (Lipinski definition) is 6. The van der Waals surface area contributed by atoms with Crippen LogP contribution in [0.4, 0.5) is 5.82 Å². The van der Waals surface area contributed by atoms with Crippen LogP contribution in [0.2, 0.25) is 5.28 Å². The van der Waals surface area contributed by atoms with E-state index in [-0.39, 0.29) is 16.7 Å². The van der Waals surface area contributed by atoms with Gasteiger partial charge in [-0.1, -0.05) is 0 Å². The molecule has 0 spiro atoms. The smallest absolute Gasteiger partial charge is 0.270 e. The fraction of sp³-hybridized carbons (Fsp3) is 0.476. The maximum atomic E-state index is 12.7. The summed E-state index contributed by atoms with van der Waals surface area (Å²) in [7, 11) is 0. The number of piperidine rings is 1. The summed E-state index contributed by atoms with van der Waals surface area (Å²) in [6, 6.07) is 1.77. The minimum absolute atomic E-state index is 0.0138. The fourth-order valence-corrected chi connectivity index (χ4v) is 5.40. The third-order valence-corrected chi connectivity index (χ3v) is 7.10. The Kier molecular flexibility index (Phi) is 3.99. The van der Waals surface area contributed by atoms with Gasteiger partial charge in [0.05, 0.1) is 0 Å². The van der Waals surface area contributed by atoms with Gasteiger partial charge in [0.2, 0.25) is 5.28 Å². The Labute approximate surface area is 178 Å². The Morgan fingerprint density at radius 3 is 2.67 bits per heavy atom. The molecule has 4 aliphatic rings. The van der Waals surface area contributed by atoms with Crippen LogP contribution in [-0.4, -0.2) is 49.5 Å². The number of nitrogens with one attached hydrogen (secondary N) is 2. The van der Waals surface area contributed by atoms with Gasteiger partial charge in [-0.25, -0.2) is 15.0 Å². The summed E-state index contributed by atoms with van der Waals surface area (Å²) in [6.45, 7) is 1.66. The van der Waals surface area contributed by atoms with Crippen LogP contribution in [0, 0.1) is 5.92 Å². The average molecular weight is 424 g/mol. The molecule has 2 bridgehead atoms. The van der Waals surface area contributed by atoms with E-state index in [2.05, 4.69) is 35.1 Å². The topological polar surface area (TPSA) is 99.7 Å². The molecule has 30 heavy (non-hydrogen) atoms. The van der Waals surface area contributed by atoms with Crippen LogP contribution in [0.25, 0.3) is 11.2 Å². The van der Waals surface area contributed by atoms with Crippen LogP contribution < -0.4 is 10.2 Å². The van der Waals surface area contributed by atoms with Gasteiger partial charge in [-0.3, -0.25) is 9.78 Å². The Hall–Kier alpha value is -2.74. The fourth-order valence-electron chi connectivity index (χ4n) is 5.22. The van der Waals surface area contributed by atoms with Gasteiger partial charge in [0.15, 0.2) is 5.65 Å². The minimum Gasteiger partial charge on any atom is -0.356 e. The summed E-state index contributed by atoms with van der Waals surface area (Å²) >= 11 is 6.17. The van der Waals surface area contributed by atoms with Crippen molar-refractivity contribution in [2.24, 2.45) is 5.92 Å². The molecule has 1 saturated heterocycles. The standard InChI is InChI=1S/C21H22ClN7O/c22-20-26-15(19(30)28-21-8-12(9-21)10-21)7-16(27-20)29-5-1-13(2-6-29)14-11-25-18-17(14)23-3-4-24-18/h3-4,7,11-13H,1-2,5-6,8-10H2,(H,24,25)(H,28,30). The van der Waals surface area contributed by atoms with Gasteiger partial charge in [-0.2, -0.15) is 0 Å². The van der Waals surface area contributed by atoms with E-state index in [0.717, 1.165) is 68.1 Å². The summed E-state index contributed by atoms with van der Waals surface area (Å²) < 4.78 is 0. The van der Waals surface area contributed by atoms with Crippen molar-refractivity contribution in [2.75, 3.05) is 18.0 Å². The lowest BCUT2D eigenvalue weighted by Crippen LogP contribution is -2.68. The third-order valence-electron chi connectivity index (χ3n) is 6.93. The van der Waals surface area contributed by atoms with Crippen molar-refractivity contribution in [3.8, 4) is 0 Å². The molecule has 0 aromatic carbocycles. The van der Waals surface area contributed by atoms with Gasteiger partial charge in [-0.15, -0.1) is 0 Å². The molecule has 2 N–H and O–H groups in total. The van der Waals surface area contributed by atoms with Crippen molar-refractivity contribution >= 4 is 34.5 Å². The van der Waals surface area contributed by atoms with E-state index in [9.17, 15) is 4.79 Å². The summed E-state index contributed by atoms with van der Waals surface area (Å²) in [5.74, 6) is 1.79. The molecule has 1 amide bonds. The lowest BCUT2D eigenvalue weighted by Gasteiger charge is -2.61. The number of carbonyl (C=O) groups is 1. The number of carbonyl (C=O) groups excluding carboxylic acids is 1. The molecule has 3 aliphatic carbocycles. The van der Waals surface area contributed by atoms with E-state index in [0.29, 0.717) is 11.6 Å². The van der Waals surface area contributed by atoms with E-state index >= 15 is 0 Å². The molecular formula is C21H22ClN7O. The second-order valence-corrected chi connectivity index (χ2v) is 9.19. The lowest BCUT2D eigenvalue weighted by molar-refractivity contribution is -0.0439. The van der Waals surface area contributed by atoms with Gasteiger partial charge in [0.25, 0.3) is 5.91 Å². The summed E-state index contributed by atoms with van der Waals surface area (Å²) in [6.07, 6.45) is 10.7. The summed E-state index contributed by atoms with van der Waals surface area (Å²) in [5.41, 5.74) is 3.37. The predicted octanol–water partition coefficient (Wildman–Crippen LogP) is 3.07. The zero-order valence-corrected chi connectivity index (χ0v) is 17.2. The molecule has 4 heterocycles. The number of aromatic nitrogens is 5. The minimum atomic E-state index is -0.147. The van der Waals surface area contributed by atoms with E-state index in [1.165, 1.54) is 5.56 Å². The molecule has 0 atom stereocenters. The van der Waals surface area contributed by atoms with Crippen LogP contribution in [0.1, 0.15) is 54.1 Å². The number of amides is 1. The normalized spacial score (nSPS) is 25.6. The molecule has 1 aliphatic heterocycles. The zero-order valence-electron chi connectivity index (χ0n) is 16.4. The molecule has 7 rings (SSSR count). The van der Waals surface area contributed by atoms with Crippen molar-refractivity contribution in [3.05, 3.63) is 41.2 Å². The molecule has 154 valence electrons. The molecular weight excluding hydrogens is 402 g/mol. The SMILES string of the molecule is O=C(NC12CC(C1)C2)c1cc(N2CCC(c3c[nH]c4nccnc34)CC2)nc(Cl)n1. The molecule has 0 unspecified atom stereocenters. The quantitative estimate of drug-likeness (QED) is 0.625. The molecule has 3 aromatic rings. The van der Waals surface area contributed by atoms with Crippen molar-refractivity contribution < 1.29 is 4.79 Å². The van der Waals surface area contributed by atoms with Crippen molar-refractivity contribution in [2.45, 2.75) is 43.6 Å². The number of fused-ring (bicyclic) bond motifs is 1. The molecule has 4 fully saturated rings. The van der Waals surface area contributed by atoms with Crippen LogP contribution >= 0.6 is 11.6 Å². The highest BCUT2D eigenvalue weighted by atomic mass is 35.5. The van der Waals surface area contributed by atoms with Gasteiger partial charge in [0, 0.05) is 48.8 Å². The Bertz CT molecular complexity index is 1120. The van der Waals surface area contributed by atoms with Gasteiger partial charge >= 0.3 is 0 Å². The highest BCUT2D eigenvalue weighted by Crippen LogP contribution is 2.57. The third kappa shape index (κ3) is 2.93. The predicted molar refractivity (Wildman–Crippen MR) is 113 cm³/mol. The van der Waals surface area contributed by atoms with Gasteiger partial charge in [0.1, 0.15) is 17.0 Å². The molecule has 9 heteroatoms. The number of aromatic amines is 1. The number of H-pyrrole nitrogens is 1. The first-order valence-electron chi connectivity index (χ1n) is 10.5. The Morgan fingerprint density at radius 1 is 1.17 bits per heavy atom. The first-order valence-corrected chi connectivity index (χ1v) is 10.9. The van der Waals surface area contributed by atoms with Crippen LogP contribution in [0.15, 0.2) is 24.7 Å². The zero-order chi connectivity index (χ0) is 20.3. The van der Waals surface area contributed by atoms with E-state index in [1.54, 1.807) is 18.5 Å². The summed E-state index contributed by atoms with van der Waals surface area (Å²) in [4.78, 5) is 35.5. The second kappa shape index (κ2) is 6.63. The van der Waals surface area contributed by atoms with E-state index < -0.39 is 0 Å². The number of nitrogens with zero attached hydrogens (tertiary/aromatic N) is 5. The lowest BCUT2D eigenvalue weighted by atomic mass is 9.50. The van der Waals surface area contributed by atoms with Crippen molar-refractivity contribution in [1.29, 1.82) is 0 Å². The first kappa shape index (κ1) is 18.1. The van der Waals surface area contributed by atoms with Crippen molar-refractivity contribution in [1.82, 2.24) is 30.2 Å². The first-order chi connectivity index (χ1) is 14.6. The Morgan fingerprint density at radius 2 is 1.93 bits per heavy atom. The van der Waals surface area contributed by atoms with E-state index in [1.807, 2.05) is 6.20 Å². The molecule has 3 saturated carbocycles. The largest absolute Gasteiger partial charge is 0.356 e. The number of anilines is 1. The maximum absolute atomic E-state index is 12.7. The van der Waals surface area contributed by atoms with Crippen LogP contribution in [0.5, 0.6) is 0 Å². The van der Waals surface area contributed by atoms with Crippen LogP contribution in [0.3, 0.4) is 0 Å². The van der Waals surface area contributed by atoms with Crippen molar-refractivity contribution in [3.63, 3.8) is 0 Å².